The molecule has 0 aliphatic carbocycles. The molecule has 1 aliphatic rings. The second-order valence-corrected chi connectivity index (χ2v) is 8.09. The van der Waals surface area contributed by atoms with Gasteiger partial charge in [0.1, 0.15) is 10.6 Å². The Morgan fingerprint density at radius 1 is 1.30 bits per heavy atom. The molecule has 0 radical (unpaired) electrons. The van der Waals surface area contributed by atoms with E-state index in [0.717, 1.165) is 68.7 Å². The number of hydrogen-bond donors (Lipinski definition) is 1. The highest BCUT2D eigenvalue weighted by Gasteiger charge is 2.36. The zero-order valence-corrected chi connectivity index (χ0v) is 16.0. The van der Waals surface area contributed by atoms with Gasteiger partial charge in [0, 0.05) is 18.5 Å². The predicted octanol–water partition coefficient (Wildman–Crippen LogP) is 3.31. The number of aromatic nitrogens is 1. The third-order valence-electron chi connectivity index (χ3n) is 4.99. The molecule has 1 fully saturated rings. The van der Waals surface area contributed by atoms with Crippen molar-refractivity contribution in [2.45, 2.75) is 59.1 Å². The van der Waals surface area contributed by atoms with Crippen molar-refractivity contribution < 1.29 is 5.11 Å². The van der Waals surface area contributed by atoms with Gasteiger partial charge in [-0.1, -0.05) is 27.7 Å². The van der Waals surface area contributed by atoms with Gasteiger partial charge in [-0.3, -0.25) is 4.90 Å². The van der Waals surface area contributed by atoms with Crippen LogP contribution in [0.2, 0.25) is 0 Å². The summed E-state index contributed by atoms with van der Waals surface area (Å²) in [4.78, 5) is 9.60. The smallest absolute Gasteiger partial charge is 0.110 e. The summed E-state index contributed by atoms with van der Waals surface area (Å²) in [5.41, 5.74) is 0.181. The van der Waals surface area contributed by atoms with Crippen LogP contribution in [0.4, 0.5) is 0 Å². The molecule has 2 heterocycles. The molecule has 0 spiro atoms. The Kier molecular flexibility index (Phi) is 7.01. The van der Waals surface area contributed by atoms with E-state index in [1.54, 1.807) is 11.3 Å². The van der Waals surface area contributed by atoms with Crippen molar-refractivity contribution in [3.05, 3.63) is 16.1 Å². The molecule has 0 unspecified atom stereocenters. The van der Waals surface area contributed by atoms with Crippen LogP contribution in [0, 0.1) is 5.92 Å². The molecule has 4 nitrogen and oxygen atoms in total. The number of aliphatic hydroxyl groups is 1. The molecule has 5 heteroatoms. The third kappa shape index (κ3) is 5.24. The first kappa shape index (κ1) is 18.8. The predicted molar refractivity (Wildman–Crippen MR) is 97.8 cm³/mol. The first-order valence-electron chi connectivity index (χ1n) is 9.08. The molecule has 1 N–H and O–H groups in total. The number of hydrogen-bond acceptors (Lipinski definition) is 5. The van der Waals surface area contributed by atoms with Gasteiger partial charge in [0.05, 0.1) is 12.2 Å². The van der Waals surface area contributed by atoms with E-state index in [2.05, 4.69) is 42.9 Å². The van der Waals surface area contributed by atoms with E-state index in [-0.39, 0.29) is 0 Å². The van der Waals surface area contributed by atoms with Crippen molar-refractivity contribution >= 4 is 11.3 Å². The van der Waals surface area contributed by atoms with Crippen LogP contribution in [0.3, 0.4) is 0 Å². The highest BCUT2D eigenvalue weighted by Crippen LogP contribution is 2.33. The summed E-state index contributed by atoms with van der Waals surface area (Å²) in [6, 6.07) is 0. The summed E-state index contributed by atoms with van der Waals surface area (Å²) < 4.78 is 0. The summed E-state index contributed by atoms with van der Waals surface area (Å²) in [6.45, 7) is 15.0. The summed E-state index contributed by atoms with van der Waals surface area (Å²) in [5.74, 6) is 0.747. The van der Waals surface area contributed by atoms with Crippen LogP contribution in [-0.4, -0.2) is 52.6 Å². The first-order chi connectivity index (χ1) is 11.0. The number of likely N-dealkylation sites (tertiary alicyclic amines) is 1. The lowest BCUT2D eigenvalue weighted by molar-refractivity contribution is -0.0296. The van der Waals surface area contributed by atoms with Crippen molar-refractivity contribution in [2.24, 2.45) is 5.92 Å². The lowest BCUT2D eigenvalue weighted by Gasteiger charge is -2.37. The zero-order chi connectivity index (χ0) is 16.9. The second-order valence-electron chi connectivity index (χ2n) is 7.14. The minimum absolute atomic E-state index is 0.716. The van der Waals surface area contributed by atoms with E-state index < -0.39 is 5.60 Å². The molecule has 2 rings (SSSR count). The van der Waals surface area contributed by atoms with Crippen LogP contribution < -0.4 is 0 Å². The molecule has 1 aromatic rings. The Morgan fingerprint density at radius 3 is 2.52 bits per heavy atom. The topological polar surface area (TPSA) is 39.6 Å². The van der Waals surface area contributed by atoms with Gasteiger partial charge in [-0.15, -0.1) is 11.3 Å². The average Bonchev–Trinajstić information content (AvgIpc) is 3.01. The van der Waals surface area contributed by atoms with E-state index in [4.69, 9.17) is 4.98 Å². The maximum Gasteiger partial charge on any atom is 0.110 e. The molecule has 1 aliphatic heterocycles. The Labute approximate surface area is 145 Å². The quantitative estimate of drug-likeness (QED) is 0.789. The Hall–Kier alpha value is -0.490. The fraction of sp³-hybridized carbons (Fsp3) is 0.833. The maximum absolute atomic E-state index is 11.0. The van der Waals surface area contributed by atoms with Crippen LogP contribution in [-0.2, 0) is 12.1 Å². The van der Waals surface area contributed by atoms with Crippen LogP contribution in [0.25, 0.3) is 0 Å². The number of thiazole rings is 1. The summed E-state index contributed by atoms with van der Waals surface area (Å²) in [6.07, 6.45) is 2.85. The van der Waals surface area contributed by atoms with Gasteiger partial charge in [-0.25, -0.2) is 4.98 Å². The van der Waals surface area contributed by atoms with Crippen molar-refractivity contribution in [3.63, 3.8) is 0 Å². The van der Waals surface area contributed by atoms with Gasteiger partial charge in [0.25, 0.3) is 0 Å². The minimum Gasteiger partial charge on any atom is -0.383 e. The number of rotatable bonds is 8. The second kappa shape index (κ2) is 8.56. The third-order valence-corrected chi connectivity index (χ3v) is 5.82. The highest BCUT2D eigenvalue weighted by molar-refractivity contribution is 7.09. The molecule has 132 valence electrons. The molecule has 0 aromatic carbocycles. The lowest BCUT2D eigenvalue weighted by Crippen LogP contribution is -2.43. The molecular weight excluding hydrogens is 306 g/mol. The number of nitrogens with zero attached hydrogens (tertiary/aromatic N) is 3. The van der Waals surface area contributed by atoms with Gasteiger partial charge in [0.15, 0.2) is 0 Å². The van der Waals surface area contributed by atoms with Gasteiger partial charge in [-0.2, -0.15) is 0 Å². The minimum atomic E-state index is -0.716. The fourth-order valence-corrected chi connectivity index (χ4v) is 4.01. The van der Waals surface area contributed by atoms with Crippen LogP contribution in [0.1, 0.15) is 57.7 Å². The van der Waals surface area contributed by atoms with Crippen LogP contribution in [0.15, 0.2) is 5.38 Å². The standard InChI is InChI=1S/C18H33N3OS/c1-5-20(6-2)13-17-19-16(14-23-17)18(22)8-11-21(12-9-18)10-7-15(3)4/h14-15,22H,5-13H2,1-4H3. The fourth-order valence-electron chi connectivity index (χ4n) is 3.08. The molecule has 1 aromatic heterocycles. The summed E-state index contributed by atoms with van der Waals surface area (Å²) in [5, 5.41) is 14.2. The Bertz CT molecular complexity index is 463. The zero-order valence-electron chi connectivity index (χ0n) is 15.2. The van der Waals surface area contributed by atoms with Gasteiger partial charge in [0.2, 0.25) is 0 Å². The van der Waals surface area contributed by atoms with Crippen molar-refractivity contribution in [1.29, 1.82) is 0 Å². The SMILES string of the molecule is CCN(CC)Cc1nc(C2(O)CCN(CCC(C)C)CC2)cs1. The Morgan fingerprint density at radius 2 is 1.96 bits per heavy atom. The summed E-state index contributed by atoms with van der Waals surface area (Å²) in [7, 11) is 0. The largest absolute Gasteiger partial charge is 0.383 e. The summed E-state index contributed by atoms with van der Waals surface area (Å²) >= 11 is 1.69. The molecule has 1 saturated heterocycles. The monoisotopic (exact) mass is 339 g/mol. The number of piperidine rings is 1. The average molecular weight is 340 g/mol. The van der Waals surface area contributed by atoms with Gasteiger partial charge >= 0.3 is 0 Å². The van der Waals surface area contributed by atoms with E-state index in [1.807, 2.05) is 0 Å². The van der Waals surface area contributed by atoms with Crippen molar-refractivity contribution in [2.75, 3.05) is 32.7 Å². The van der Waals surface area contributed by atoms with Gasteiger partial charge < -0.3 is 10.0 Å². The van der Waals surface area contributed by atoms with E-state index in [9.17, 15) is 5.11 Å². The van der Waals surface area contributed by atoms with Crippen LogP contribution >= 0.6 is 11.3 Å². The van der Waals surface area contributed by atoms with Crippen LogP contribution in [0.5, 0.6) is 0 Å². The highest BCUT2D eigenvalue weighted by atomic mass is 32.1. The van der Waals surface area contributed by atoms with Crippen molar-refractivity contribution in [1.82, 2.24) is 14.8 Å². The first-order valence-corrected chi connectivity index (χ1v) is 9.96. The van der Waals surface area contributed by atoms with E-state index in [1.165, 1.54) is 6.42 Å². The normalized spacial score (nSPS) is 18.9. The molecular formula is C18H33N3OS. The maximum atomic E-state index is 11.0. The van der Waals surface area contributed by atoms with E-state index in [0.29, 0.717) is 0 Å². The molecule has 0 atom stereocenters. The van der Waals surface area contributed by atoms with Gasteiger partial charge in [-0.05, 0) is 44.8 Å². The van der Waals surface area contributed by atoms with E-state index >= 15 is 0 Å². The Balaban J connectivity index is 1.90. The van der Waals surface area contributed by atoms with Crippen molar-refractivity contribution in [3.8, 4) is 0 Å². The molecule has 0 amide bonds. The molecule has 23 heavy (non-hydrogen) atoms. The lowest BCUT2D eigenvalue weighted by atomic mass is 9.88. The molecule has 0 bridgehead atoms. The molecule has 0 saturated carbocycles.